The van der Waals surface area contributed by atoms with Crippen molar-refractivity contribution in [1.82, 2.24) is 0 Å². The summed E-state index contributed by atoms with van der Waals surface area (Å²) in [5, 5.41) is 0.621. The minimum atomic E-state index is -0.0115. The Kier molecular flexibility index (Phi) is 3.60. The fourth-order valence-electron chi connectivity index (χ4n) is 2.71. The molecule has 0 fully saturated rings. The molecule has 0 unspecified atom stereocenters. The highest BCUT2D eigenvalue weighted by molar-refractivity contribution is 6.31. The van der Waals surface area contributed by atoms with Crippen molar-refractivity contribution in [2.75, 3.05) is 17.2 Å². The average Bonchev–Trinajstić information content (AvgIpc) is 2.48. The number of halogens is 1. The quantitative estimate of drug-likeness (QED) is 0.814. The summed E-state index contributed by atoms with van der Waals surface area (Å²) >= 11 is 6.13. The van der Waals surface area contributed by atoms with Gasteiger partial charge >= 0.3 is 0 Å². The second-order valence-corrected chi connectivity index (χ2v) is 5.82. The third-order valence-electron chi connectivity index (χ3n) is 3.89. The maximum Gasteiger partial charge on any atom is 0.258 e. The second kappa shape index (κ2) is 5.41. The van der Waals surface area contributed by atoms with Gasteiger partial charge in [-0.05, 0) is 61.2 Å². The first-order valence-corrected chi connectivity index (χ1v) is 7.40. The standard InChI is InChI=1S/C17H17ClN2O/c1-11-4-5-13(10-15(11)18)17(21)20-8-2-3-12-9-14(19)6-7-16(12)20/h4-7,9-10H,2-3,8,19H2,1H3. The van der Waals surface area contributed by atoms with Gasteiger partial charge in [-0.25, -0.2) is 0 Å². The summed E-state index contributed by atoms with van der Waals surface area (Å²) in [6, 6.07) is 11.2. The van der Waals surface area contributed by atoms with E-state index in [9.17, 15) is 4.79 Å². The molecule has 3 nitrogen and oxygen atoms in total. The molecule has 4 heteroatoms. The number of rotatable bonds is 1. The smallest absolute Gasteiger partial charge is 0.258 e. The van der Waals surface area contributed by atoms with Gasteiger partial charge in [0, 0.05) is 28.5 Å². The Morgan fingerprint density at radius 3 is 2.81 bits per heavy atom. The highest BCUT2D eigenvalue weighted by atomic mass is 35.5. The van der Waals surface area contributed by atoms with Crippen LogP contribution in [0.25, 0.3) is 0 Å². The fraction of sp³-hybridized carbons (Fsp3) is 0.235. The van der Waals surface area contributed by atoms with E-state index in [0.29, 0.717) is 10.6 Å². The Balaban J connectivity index is 1.98. The number of nitrogens with zero attached hydrogens (tertiary/aromatic N) is 1. The van der Waals surface area contributed by atoms with Gasteiger partial charge in [-0.3, -0.25) is 4.79 Å². The summed E-state index contributed by atoms with van der Waals surface area (Å²) in [7, 11) is 0. The van der Waals surface area contributed by atoms with Crippen LogP contribution in [-0.2, 0) is 6.42 Å². The van der Waals surface area contributed by atoms with Crippen LogP contribution in [-0.4, -0.2) is 12.5 Å². The number of amides is 1. The van der Waals surface area contributed by atoms with Crippen molar-refractivity contribution in [1.29, 1.82) is 0 Å². The summed E-state index contributed by atoms with van der Waals surface area (Å²) in [6.07, 6.45) is 1.90. The number of carbonyl (C=O) groups excluding carboxylic acids is 1. The summed E-state index contributed by atoms with van der Waals surface area (Å²) in [5.41, 5.74) is 10.2. The second-order valence-electron chi connectivity index (χ2n) is 5.41. The van der Waals surface area contributed by atoms with E-state index in [1.807, 2.05) is 42.2 Å². The lowest BCUT2D eigenvalue weighted by molar-refractivity contribution is 0.0985. The number of benzene rings is 2. The monoisotopic (exact) mass is 300 g/mol. The van der Waals surface area contributed by atoms with E-state index in [2.05, 4.69) is 0 Å². The van der Waals surface area contributed by atoms with E-state index >= 15 is 0 Å². The lowest BCUT2D eigenvalue weighted by Gasteiger charge is -2.30. The predicted octanol–water partition coefficient (Wildman–Crippen LogP) is 3.82. The molecule has 3 rings (SSSR count). The molecule has 0 bridgehead atoms. The molecule has 0 aromatic heterocycles. The highest BCUT2D eigenvalue weighted by Gasteiger charge is 2.23. The van der Waals surface area contributed by atoms with E-state index in [4.69, 9.17) is 17.3 Å². The number of hydrogen-bond donors (Lipinski definition) is 1. The highest BCUT2D eigenvalue weighted by Crippen LogP contribution is 2.30. The number of nitrogens with two attached hydrogens (primary N) is 1. The van der Waals surface area contributed by atoms with Crippen LogP contribution in [0.3, 0.4) is 0 Å². The molecule has 0 spiro atoms. The lowest BCUT2D eigenvalue weighted by atomic mass is 10.00. The van der Waals surface area contributed by atoms with Gasteiger partial charge in [-0.15, -0.1) is 0 Å². The molecule has 0 saturated carbocycles. The summed E-state index contributed by atoms with van der Waals surface area (Å²) < 4.78 is 0. The Morgan fingerprint density at radius 2 is 2.05 bits per heavy atom. The third-order valence-corrected chi connectivity index (χ3v) is 4.29. The average molecular weight is 301 g/mol. The Hall–Kier alpha value is -2.00. The van der Waals surface area contributed by atoms with Crippen molar-refractivity contribution in [2.24, 2.45) is 0 Å². The minimum Gasteiger partial charge on any atom is -0.399 e. The third kappa shape index (κ3) is 2.61. The van der Waals surface area contributed by atoms with Crippen molar-refractivity contribution in [2.45, 2.75) is 19.8 Å². The zero-order chi connectivity index (χ0) is 15.0. The van der Waals surface area contributed by atoms with Crippen LogP contribution in [0.2, 0.25) is 5.02 Å². The Bertz CT molecular complexity index is 712. The van der Waals surface area contributed by atoms with Crippen molar-refractivity contribution >= 4 is 28.9 Å². The van der Waals surface area contributed by atoms with E-state index in [-0.39, 0.29) is 5.91 Å². The molecule has 21 heavy (non-hydrogen) atoms. The molecule has 2 aromatic carbocycles. The van der Waals surface area contributed by atoms with Crippen LogP contribution in [0, 0.1) is 6.92 Å². The molecule has 0 radical (unpaired) electrons. The van der Waals surface area contributed by atoms with E-state index in [1.54, 1.807) is 6.07 Å². The van der Waals surface area contributed by atoms with Gasteiger partial charge in [0.25, 0.3) is 5.91 Å². The van der Waals surface area contributed by atoms with Crippen LogP contribution in [0.4, 0.5) is 11.4 Å². The van der Waals surface area contributed by atoms with Gasteiger partial charge in [0.05, 0.1) is 0 Å². The van der Waals surface area contributed by atoms with Crippen molar-refractivity contribution in [3.05, 3.63) is 58.1 Å². The SMILES string of the molecule is Cc1ccc(C(=O)N2CCCc3cc(N)ccc32)cc1Cl. The zero-order valence-corrected chi connectivity index (χ0v) is 12.7. The van der Waals surface area contributed by atoms with Crippen LogP contribution in [0.15, 0.2) is 36.4 Å². The van der Waals surface area contributed by atoms with Crippen LogP contribution >= 0.6 is 11.6 Å². The Labute approximate surface area is 129 Å². The van der Waals surface area contributed by atoms with Gasteiger partial charge in [0.2, 0.25) is 0 Å². The maximum atomic E-state index is 12.7. The summed E-state index contributed by atoms with van der Waals surface area (Å²) in [6.45, 7) is 2.65. The normalized spacial score (nSPS) is 13.9. The van der Waals surface area contributed by atoms with Gasteiger partial charge in [0.1, 0.15) is 0 Å². The molecule has 108 valence electrons. The fourth-order valence-corrected chi connectivity index (χ4v) is 2.89. The molecular weight excluding hydrogens is 284 g/mol. The number of aryl methyl sites for hydroxylation is 2. The summed E-state index contributed by atoms with van der Waals surface area (Å²) in [4.78, 5) is 14.6. The lowest BCUT2D eigenvalue weighted by Crippen LogP contribution is -2.35. The van der Waals surface area contributed by atoms with Crippen molar-refractivity contribution in [3.63, 3.8) is 0 Å². The van der Waals surface area contributed by atoms with E-state index in [1.165, 1.54) is 0 Å². The summed E-state index contributed by atoms with van der Waals surface area (Å²) in [5.74, 6) is -0.0115. The maximum absolute atomic E-state index is 12.7. The largest absolute Gasteiger partial charge is 0.399 e. The molecule has 1 heterocycles. The molecule has 1 amide bonds. The first-order valence-electron chi connectivity index (χ1n) is 7.02. The van der Waals surface area contributed by atoms with E-state index < -0.39 is 0 Å². The Morgan fingerprint density at radius 1 is 1.24 bits per heavy atom. The molecule has 0 aliphatic carbocycles. The molecule has 1 aliphatic heterocycles. The van der Waals surface area contributed by atoms with Gasteiger partial charge in [-0.2, -0.15) is 0 Å². The predicted molar refractivity (Wildman–Crippen MR) is 87.0 cm³/mol. The molecule has 0 saturated heterocycles. The van der Waals surface area contributed by atoms with Crippen molar-refractivity contribution in [3.8, 4) is 0 Å². The van der Waals surface area contributed by atoms with Crippen LogP contribution in [0.1, 0.15) is 27.9 Å². The zero-order valence-electron chi connectivity index (χ0n) is 11.9. The number of nitrogen functional groups attached to an aromatic ring is 1. The topological polar surface area (TPSA) is 46.3 Å². The molecule has 2 aromatic rings. The van der Waals surface area contributed by atoms with Crippen molar-refractivity contribution < 1.29 is 4.79 Å². The van der Waals surface area contributed by atoms with Gasteiger partial charge < -0.3 is 10.6 Å². The van der Waals surface area contributed by atoms with Crippen LogP contribution < -0.4 is 10.6 Å². The van der Waals surface area contributed by atoms with Gasteiger partial charge in [0.15, 0.2) is 0 Å². The molecular formula is C17H17ClN2O. The van der Waals surface area contributed by atoms with Gasteiger partial charge in [-0.1, -0.05) is 17.7 Å². The first kappa shape index (κ1) is 14.0. The van der Waals surface area contributed by atoms with E-state index in [0.717, 1.165) is 41.9 Å². The number of fused-ring (bicyclic) bond motifs is 1. The molecule has 1 aliphatic rings. The molecule has 0 atom stereocenters. The van der Waals surface area contributed by atoms with Crippen LogP contribution in [0.5, 0.6) is 0 Å². The minimum absolute atomic E-state index is 0.0115. The first-order chi connectivity index (χ1) is 10.1. The number of hydrogen-bond acceptors (Lipinski definition) is 2. The number of anilines is 2. The number of carbonyl (C=O) groups is 1. The molecule has 2 N–H and O–H groups in total.